The molecule has 2 unspecified atom stereocenters. The van der Waals surface area contributed by atoms with Gasteiger partial charge in [0, 0.05) is 30.3 Å². The zero-order chi connectivity index (χ0) is 12.4. The summed E-state index contributed by atoms with van der Waals surface area (Å²) in [6.45, 7) is 5.78. The summed E-state index contributed by atoms with van der Waals surface area (Å²) in [5.41, 5.74) is 1.73. The first kappa shape index (κ1) is 12.6. The van der Waals surface area contributed by atoms with E-state index in [1.807, 2.05) is 17.9 Å². The normalized spacial score (nSPS) is 24.8. The van der Waals surface area contributed by atoms with Gasteiger partial charge < -0.3 is 4.90 Å². The van der Waals surface area contributed by atoms with Crippen LogP contribution in [0.2, 0.25) is 0 Å². The first-order valence-corrected chi connectivity index (χ1v) is 6.84. The van der Waals surface area contributed by atoms with Crippen LogP contribution in [0.3, 0.4) is 0 Å². The first-order valence-electron chi connectivity index (χ1n) is 5.93. The quantitative estimate of drug-likeness (QED) is 0.747. The number of halogens is 1. The van der Waals surface area contributed by atoms with Gasteiger partial charge >= 0.3 is 0 Å². The molecule has 2 atom stereocenters. The van der Waals surface area contributed by atoms with Crippen LogP contribution in [-0.4, -0.2) is 33.7 Å². The third-order valence-electron chi connectivity index (χ3n) is 3.21. The Morgan fingerprint density at radius 2 is 2.29 bits per heavy atom. The summed E-state index contributed by atoms with van der Waals surface area (Å²) < 4.78 is 0. The fraction of sp³-hybridized carbons (Fsp3) is 0.538. The smallest absolute Gasteiger partial charge is 0.255 e. The van der Waals surface area contributed by atoms with E-state index in [4.69, 9.17) is 0 Å². The Kier molecular flexibility index (Phi) is 3.82. The second kappa shape index (κ2) is 5.17. The zero-order valence-corrected chi connectivity index (χ0v) is 11.8. The fourth-order valence-electron chi connectivity index (χ4n) is 2.16. The maximum atomic E-state index is 12.3. The fourth-order valence-corrected chi connectivity index (χ4v) is 2.53. The highest BCUT2D eigenvalue weighted by molar-refractivity contribution is 9.09. The summed E-state index contributed by atoms with van der Waals surface area (Å²) in [6.07, 6.45) is 4.44. The van der Waals surface area contributed by atoms with Crippen molar-refractivity contribution in [3.8, 4) is 0 Å². The van der Waals surface area contributed by atoms with Crippen LogP contribution >= 0.6 is 15.9 Å². The van der Waals surface area contributed by atoms with Gasteiger partial charge in [0.05, 0.1) is 5.56 Å². The molecule has 2 heterocycles. The number of aryl methyl sites for hydroxylation is 1. The number of nitrogens with zero attached hydrogens (tertiary/aromatic N) is 2. The molecule has 0 aromatic carbocycles. The van der Waals surface area contributed by atoms with Crippen LogP contribution in [0.4, 0.5) is 0 Å². The van der Waals surface area contributed by atoms with Crippen LogP contribution in [0.25, 0.3) is 0 Å². The molecule has 1 fully saturated rings. The van der Waals surface area contributed by atoms with E-state index in [9.17, 15) is 4.79 Å². The van der Waals surface area contributed by atoms with Crippen molar-refractivity contribution in [2.75, 3.05) is 13.1 Å². The lowest BCUT2D eigenvalue weighted by Gasteiger charge is -2.34. The molecule has 1 aromatic rings. The van der Waals surface area contributed by atoms with Gasteiger partial charge in [-0.15, -0.1) is 0 Å². The summed E-state index contributed by atoms with van der Waals surface area (Å²) in [4.78, 5) is 18.8. The number of rotatable bonds is 1. The maximum Gasteiger partial charge on any atom is 0.255 e. The molecule has 1 aromatic heterocycles. The molecule has 2 rings (SSSR count). The van der Waals surface area contributed by atoms with Crippen molar-refractivity contribution < 1.29 is 4.79 Å². The van der Waals surface area contributed by atoms with Crippen LogP contribution in [0, 0.1) is 12.8 Å². The number of hydrogen-bond acceptors (Lipinski definition) is 2. The van der Waals surface area contributed by atoms with Crippen LogP contribution in [0.5, 0.6) is 0 Å². The SMILES string of the molecule is Cc1cncc(C(=O)N2CCC(Br)C(C)C2)c1. The van der Waals surface area contributed by atoms with Crippen LogP contribution in [0.15, 0.2) is 18.5 Å². The Balaban J connectivity index is 2.10. The molecule has 0 bridgehead atoms. The number of hydrogen-bond donors (Lipinski definition) is 0. The molecule has 3 nitrogen and oxygen atoms in total. The zero-order valence-electron chi connectivity index (χ0n) is 10.2. The number of alkyl halides is 1. The highest BCUT2D eigenvalue weighted by Gasteiger charge is 2.27. The summed E-state index contributed by atoms with van der Waals surface area (Å²) in [5.74, 6) is 0.609. The Morgan fingerprint density at radius 1 is 1.53 bits per heavy atom. The second-order valence-corrected chi connectivity index (χ2v) is 5.96. The third kappa shape index (κ3) is 2.86. The van der Waals surface area contributed by atoms with Gasteiger partial charge in [-0.05, 0) is 30.9 Å². The molecule has 0 radical (unpaired) electrons. The maximum absolute atomic E-state index is 12.3. The summed E-state index contributed by atoms with van der Waals surface area (Å²) in [7, 11) is 0. The Labute approximate surface area is 110 Å². The van der Waals surface area contributed by atoms with Gasteiger partial charge in [-0.25, -0.2) is 0 Å². The monoisotopic (exact) mass is 296 g/mol. The van der Waals surface area contributed by atoms with Gasteiger partial charge in [0.1, 0.15) is 0 Å². The van der Waals surface area contributed by atoms with E-state index in [0.29, 0.717) is 16.3 Å². The first-order chi connectivity index (χ1) is 8.08. The predicted octanol–water partition coefficient (Wildman–Crippen LogP) is 2.64. The molecule has 17 heavy (non-hydrogen) atoms. The lowest BCUT2D eigenvalue weighted by molar-refractivity contribution is 0.0690. The van der Waals surface area contributed by atoms with Crippen LogP contribution in [-0.2, 0) is 0 Å². The molecule has 0 spiro atoms. The van der Waals surface area contributed by atoms with Gasteiger partial charge in [0.2, 0.25) is 0 Å². The molecule has 1 saturated heterocycles. The minimum Gasteiger partial charge on any atom is -0.338 e. The van der Waals surface area contributed by atoms with E-state index in [1.54, 1.807) is 12.4 Å². The number of carbonyl (C=O) groups is 1. The van der Waals surface area contributed by atoms with Gasteiger partial charge in [0.25, 0.3) is 5.91 Å². The lowest BCUT2D eigenvalue weighted by atomic mass is 9.99. The van der Waals surface area contributed by atoms with Gasteiger partial charge in [0.15, 0.2) is 0 Å². The minimum atomic E-state index is 0.104. The largest absolute Gasteiger partial charge is 0.338 e. The molecular weight excluding hydrogens is 280 g/mol. The number of aromatic nitrogens is 1. The highest BCUT2D eigenvalue weighted by Crippen LogP contribution is 2.24. The number of pyridine rings is 1. The predicted molar refractivity (Wildman–Crippen MR) is 71.4 cm³/mol. The number of amides is 1. The van der Waals surface area contributed by atoms with Crippen molar-refractivity contribution in [3.63, 3.8) is 0 Å². The second-order valence-electron chi connectivity index (χ2n) is 4.78. The van der Waals surface area contributed by atoms with Gasteiger partial charge in [-0.1, -0.05) is 22.9 Å². The molecule has 1 aliphatic heterocycles. The number of carbonyl (C=O) groups excluding carboxylic acids is 1. The average Bonchev–Trinajstić information content (AvgIpc) is 2.32. The van der Waals surface area contributed by atoms with Crippen LogP contribution in [0.1, 0.15) is 29.3 Å². The Hall–Kier alpha value is -0.900. The van der Waals surface area contributed by atoms with Crippen molar-refractivity contribution in [1.82, 2.24) is 9.88 Å². The molecular formula is C13H17BrN2O. The van der Waals surface area contributed by atoms with E-state index < -0.39 is 0 Å². The van der Waals surface area contributed by atoms with E-state index in [0.717, 1.165) is 25.1 Å². The third-order valence-corrected chi connectivity index (χ3v) is 4.57. The molecule has 0 N–H and O–H groups in total. The Morgan fingerprint density at radius 3 is 2.94 bits per heavy atom. The number of piperidine rings is 1. The van der Waals surface area contributed by atoms with E-state index in [-0.39, 0.29) is 5.91 Å². The minimum absolute atomic E-state index is 0.104. The summed E-state index contributed by atoms with van der Waals surface area (Å²) in [6, 6.07) is 1.90. The van der Waals surface area contributed by atoms with Crippen molar-refractivity contribution in [3.05, 3.63) is 29.6 Å². The lowest BCUT2D eigenvalue weighted by Crippen LogP contribution is -2.43. The standard InChI is InChI=1S/C13H17BrN2O/c1-9-5-11(7-15-6-9)13(17)16-4-3-12(14)10(2)8-16/h5-7,10,12H,3-4,8H2,1-2H3. The van der Waals surface area contributed by atoms with E-state index in [2.05, 4.69) is 27.8 Å². The van der Waals surface area contributed by atoms with E-state index in [1.165, 1.54) is 0 Å². The van der Waals surface area contributed by atoms with Crippen molar-refractivity contribution in [1.29, 1.82) is 0 Å². The van der Waals surface area contributed by atoms with Crippen molar-refractivity contribution in [2.45, 2.75) is 25.1 Å². The van der Waals surface area contributed by atoms with E-state index >= 15 is 0 Å². The van der Waals surface area contributed by atoms with Crippen molar-refractivity contribution in [2.24, 2.45) is 5.92 Å². The highest BCUT2D eigenvalue weighted by atomic mass is 79.9. The van der Waals surface area contributed by atoms with Gasteiger partial charge in [-0.3, -0.25) is 9.78 Å². The number of likely N-dealkylation sites (tertiary alicyclic amines) is 1. The molecule has 0 aliphatic carbocycles. The average molecular weight is 297 g/mol. The molecule has 1 amide bonds. The molecule has 1 aliphatic rings. The van der Waals surface area contributed by atoms with Crippen molar-refractivity contribution >= 4 is 21.8 Å². The topological polar surface area (TPSA) is 33.2 Å². The van der Waals surface area contributed by atoms with Crippen LogP contribution < -0.4 is 0 Å². The van der Waals surface area contributed by atoms with Gasteiger partial charge in [-0.2, -0.15) is 0 Å². The molecule has 0 saturated carbocycles. The molecule has 92 valence electrons. The molecule has 4 heteroatoms. The Bertz CT molecular complexity index is 422. The summed E-state index contributed by atoms with van der Waals surface area (Å²) in [5, 5.41) is 0. The summed E-state index contributed by atoms with van der Waals surface area (Å²) >= 11 is 3.65.